The smallest absolute Gasteiger partial charge is 0.417 e. The number of nitrogens with two attached hydrogens (primary N) is 1. The van der Waals surface area contributed by atoms with Crippen molar-refractivity contribution >= 4 is 29.1 Å². The van der Waals surface area contributed by atoms with E-state index >= 15 is 0 Å². The molecule has 1 saturated heterocycles. The predicted molar refractivity (Wildman–Crippen MR) is 138 cm³/mol. The highest BCUT2D eigenvalue weighted by molar-refractivity contribution is 5.97. The molecule has 0 aliphatic carbocycles. The van der Waals surface area contributed by atoms with Gasteiger partial charge >= 0.3 is 12.2 Å². The Bertz CT molecular complexity index is 1260. The SMILES string of the molecule is COCCOC(=N)c1cc(N2CCCC(OCCN(F)C(=O)Nc3cc(C(F)(F)F)cn(C)c3=O)C2)cnc1N. The second kappa shape index (κ2) is 13.4. The Hall–Kier alpha value is -3.92. The van der Waals surface area contributed by atoms with Gasteiger partial charge in [0.2, 0.25) is 5.90 Å². The molecule has 1 aliphatic heterocycles. The van der Waals surface area contributed by atoms with Gasteiger partial charge in [-0.15, -0.1) is 0 Å². The van der Waals surface area contributed by atoms with Crippen LogP contribution >= 0.6 is 0 Å². The number of carbonyl (C=O) groups excluding carboxylic acids is 1. The third kappa shape index (κ3) is 8.05. The topological polar surface area (TPSA) is 148 Å². The average Bonchev–Trinajstić information content (AvgIpc) is 2.91. The maximum atomic E-state index is 14.4. The number of nitrogens with zero attached hydrogens (tertiary/aromatic N) is 4. The second-order valence-corrected chi connectivity index (χ2v) is 8.95. The van der Waals surface area contributed by atoms with Crippen molar-refractivity contribution in [3.63, 3.8) is 0 Å². The van der Waals surface area contributed by atoms with Crippen molar-refractivity contribution in [1.82, 2.24) is 14.7 Å². The molecule has 3 rings (SSSR count). The number of aromatic nitrogens is 2. The highest BCUT2D eigenvalue weighted by Gasteiger charge is 2.32. The molecule has 1 unspecified atom stereocenters. The summed E-state index contributed by atoms with van der Waals surface area (Å²) in [6, 6.07) is 0.734. The Balaban J connectivity index is 1.54. The van der Waals surface area contributed by atoms with Crippen molar-refractivity contribution in [2.45, 2.75) is 25.1 Å². The summed E-state index contributed by atoms with van der Waals surface area (Å²) in [5.74, 6) is -0.00159. The molecule has 2 aromatic rings. The molecule has 0 saturated carbocycles. The zero-order valence-corrected chi connectivity index (χ0v) is 22.0. The van der Waals surface area contributed by atoms with Gasteiger partial charge in [0, 0.05) is 33.4 Å². The molecule has 1 atom stereocenters. The van der Waals surface area contributed by atoms with Crippen LogP contribution in [0.3, 0.4) is 0 Å². The Morgan fingerprint density at radius 1 is 1.30 bits per heavy atom. The molecule has 220 valence electrons. The molecule has 0 bridgehead atoms. The lowest BCUT2D eigenvalue weighted by Crippen LogP contribution is -2.41. The minimum Gasteiger partial charge on any atom is -0.475 e. The number of carbonyl (C=O) groups is 1. The first-order valence-corrected chi connectivity index (χ1v) is 12.3. The number of amides is 2. The van der Waals surface area contributed by atoms with Crippen LogP contribution in [0.25, 0.3) is 0 Å². The number of ether oxygens (including phenoxy) is 3. The summed E-state index contributed by atoms with van der Waals surface area (Å²) in [5.41, 5.74) is 4.13. The molecule has 1 fully saturated rings. The van der Waals surface area contributed by atoms with Crippen LogP contribution < -0.4 is 21.5 Å². The first-order chi connectivity index (χ1) is 18.9. The molecule has 2 aromatic heterocycles. The molecule has 0 spiro atoms. The lowest BCUT2D eigenvalue weighted by atomic mass is 10.1. The van der Waals surface area contributed by atoms with Crippen LogP contribution in [0.2, 0.25) is 0 Å². The Kier molecular flexibility index (Phi) is 10.3. The predicted octanol–water partition coefficient (Wildman–Crippen LogP) is 2.77. The number of halogens is 4. The summed E-state index contributed by atoms with van der Waals surface area (Å²) < 4.78 is 70.1. The van der Waals surface area contributed by atoms with E-state index in [-0.39, 0.29) is 36.2 Å². The number of urea groups is 1. The number of anilines is 3. The quantitative estimate of drug-likeness (QED) is 0.129. The van der Waals surface area contributed by atoms with E-state index in [1.165, 1.54) is 7.11 Å². The van der Waals surface area contributed by atoms with Crippen LogP contribution in [0.5, 0.6) is 0 Å². The monoisotopic (exact) mass is 573 g/mol. The van der Waals surface area contributed by atoms with Gasteiger partial charge in [-0.2, -0.15) is 18.3 Å². The number of methoxy groups -OCH3 is 1. The number of nitrogen functional groups attached to an aromatic ring is 1. The average molecular weight is 574 g/mol. The maximum Gasteiger partial charge on any atom is 0.417 e. The highest BCUT2D eigenvalue weighted by atomic mass is 19.4. The Morgan fingerprint density at radius 2 is 2.05 bits per heavy atom. The van der Waals surface area contributed by atoms with Crippen molar-refractivity contribution in [1.29, 1.82) is 5.41 Å². The van der Waals surface area contributed by atoms with Crippen molar-refractivity contribution < 1.29 is 36.7 Å². The molecule has 12 nitrogen and oxygen atoms in total. The van der Waals surface area contributed by atoms with Gasteiger partial charge in [0.25, 0.3) is 5.56 Å². The number of piperidine rings is 1. The third-order valence-electron chi connectivity index (χ3n) is 6.04. The number of alkyl halides is 3. The maximum absolute atomic E-state index is 14.4. The van der Waals surface area contributed by atoms with Crippen LogP contribution in [0.15, 0.2) is 29.3 Å². The Labute approximate surface area is 227 Å². The van der Waals surface area contributed by atoms with Gasteiger partial charge in [0.1, 0.15) is 18.1 Å². The number of hydrogen-bond acceptors (Lipinski definition) is 9. The molecule has 2 amide bonds. The fraction of sp³-hybridized carbons (Fsp3) is 0.500. The van der Waals surface area contributed by atoms with E-state index in [0.717, 1.165) is 13.5 Å². The number of hydrogen-bond donors (Lipinski definition) is 3. The molecular weight excluding hydrogens is 542 g/mol. The Morgan fingerprint density at radius 3 is 2.75 bits per heavy atom. The van der Waals surface area contributed by atoms with Gasteiger partial charge in [0.15, 0.2) is 0 Å². The van der Waals surface area contributed by atoms with Gasteiger partial charge < -0.3 is 34.7 Å². The lowest BCUT2D eigenvalue weighted by molar-refractivity contribution is -0.138. The summed E-state index contributed by atoms with van der Waals surface area (Å²) in [5, 5.41) is 9.72. The first kappa shape index (κ1) is 30.6. The van der Waals surface area contributed by atoms with Gasteiger partial charge in [-0.3, -0.25) is 10.2 Å². The first-order valence-electron chi connectivity index (χ1n) is 12.3. The summed E-state index contributed by atoms with van der Waals surface area (Å²) in [4.78, 5) is 30.4. The van der Waals surface area contributed by atoms with Crippen LogP contribution in [0.1, 0.15) is 24.0 Å². The number of pyridine rings is 2. The fourth-order valence-electron chi connectivity index (χ4n) is 3.97. The molecular formula is C24H31F4N7O5. The number of aryl methyl sites for hydroxylation is 1. The number of nitrogens with one attached hydrogen (secondary N) is 2. The minimum atomic E-state index is -4.76. The molecule has 0 aromatic carbocycles. The molecule has 40 heavy (non-hydrogen) atoms. The molecule has 1 aliphatic rings. The largest absolute Gasteiger partial charge is 0.475 e. The van der Waals surface area contributed by atoms with Crippen LogP contribution in [-0.4, -0.2) is 79.3 Å². The highest BCUT2D eigenvalue weighted by Crippen LogP contribution is 2.29. The standard InChI is InChI=1S/C24H31F4N7O5/c1-33-13-15(24(25,26)27)10-19(22(33)36)32-23(37)35(28)6-7-39-17-4-3-5-34(14-17)16-11-18(20(29)31-12-16)21(30)40-9-8-38-2/h10-13,17,30H,3-9,14H2,1-2H3,(H2,29,31)(H,32,37). The summed E-state index contributed by atoms with van der Waals surface area (Å²) in [6.07, 6.45) is -1.53. The van der Waals surface area contributed by atoms with E-state index in [1.54, 1.807) is 12.3 Å². The zero-order chi connectivity index (χ0) is 29.4. The molecule has 3 heterocycles. The lowest BCUT2D eigenvalue weighted by Gasteiger charge is -2.34. The molecule has 16 heteroatoms. The van der Waals surface area contributed by atoms with Crippen molar-refractivity contribution in [2.75, 3.05) is 62.5 Å². The van der Waals surface area contributed by atoms with Gasteiger partial charge in [0.05, 0.1) is 48.9 Å². The van der Waals surface area contributed by atoms with E-state index in [9.17, 15) is 27.2 Å². The van der Waals surface area contributed by atoms with Crippen molar-refractivity contribution in [2.24, 2.45) is 7.05 Å². The minimum absolute atomic E-state index is 0.139. The summed E-state index contributed by atoms with van der Waals surface area (Å²) >= 11 is 0. The second-order valence-electron chi connectivity index (χ2n) is 8.95. The third-order valence-corrected chi connectivity index (χ3v) is 6.04. The van der Waals surface area contributed by atoms with Crippen molar-refractivity contribution in [3.8, 4) is 0 Å². The zero-order valence-electron chi connectivity index (χ0n) is 22.0. The van der Waals surface area contributed by atoms with Crippen LogP contribution in [0, 0.1) is 5.41 Å². The van der Waals surface area contributed by atoms with Crippen LogP contribution in [0.4, 0.5) is 39.6 Å². The van der Waals surface area contributed by atoms with E-state index in [0.29, 0.717) is 54.2 Å². The summed E-state index contributed by atoms with van der Waals surface area (Å²) in [7, 11) is 2.60. The summed E-state index contributed by atoms with van der Waals surface area (Å²) in [6.45, 7) is 0.854. The van der Waals surface area contributed by atoms with E-state index in [1.807, 2.05) is 10.2 Å². The van der Waals surface area contributed by atoms with Gasteiger partial charge in [-0.05, 0) is 25.0 Å². The van der Waals surface area contributed by atoms with E-state index in [2.05, 4.69) is 4.98 Å². The van der Waals surface area contributed by atoms with Gasteiger partial charge in [-0.25, -0.2) is 9.78 Å². The fourth-order valence-corrected chi connectivity index (χ4v) is 3.97. The molecule has 4 N–H and O–H groups in total. The van der Waals surface area contributed by atoms with E-state index in [4.69, 9.17) is 25.4 Å². The number of rotatable bonds is 10. The van der Waals surface area contributed by atoms with Gasteiger partial charge in [-0.1, -0.05) is 4.48 Å². The molecule has 0 radical (unpaired) electrons. The van der Waals surface area contributed by atoms with Crippen molar-refractivity contribution in [3.05, 3.63) is 46.0 Å². The van der Waals surface area contributed by atoms with Crippen LogP contribution in [-0.2, 0) is 27.4 Å². The van der Waals surface area contributed by atoms with E-state index < -0.39 is 35.6 Å². The normalized spacial score (nSPS) is 15.6.